The molecule has 2 aromatic heterocycles. The van der Waals surface area contributed by atoms with Crippen LogP contribution in [-0.4, -0.2) is 22.6 Å². The number of nitrogens with one attached hydrogen (secondary N) is 2. The quantitative estimate of drug-likeness (QED) is 0.774. The molecule has 0 aromatic carbocycles. The monoisotopic (exact) mass is 343 g/mol. The van der Waals surface area contributed by atoms with Gasteiger partial charge < -0.3 is 5.32 Å². The Balaban J connectivity index is 1.78. The normalized spacial score (nSPS) is 10.8. The molecule has 0 unspecified atom stereocenters. The summed E-state index contributed by atoms with van der Waals surface area (Å²) < 4.78 is 1.84. The second-order valence-electron chi connectivity index (χ2n) is 4.01. The lowest BCUT2D eigenvalue weighted by Crippen LogP contribution is -2.33. The van der Waals surface area contributed by atoms with Crippen LogP contribution in [0.3, 0.4) is 0 Å². The summed E-state index contributed by atoms with van der Waals surface area (Å²) in [7, 11) is 0. The third-order valence-corrected chi connectivity index (χ3v) is 4.13. The molecule has 2 heterocycles. The maximum Gasteiger partial charge on any atom is 0.328 e. The molecule has 0 saturated carbocycles. The van der Waals surface area contributed by atoms with E-state index in [1.54, 1.807) is 11.3 Å². The summed E-state index contributed by atoms with van der Waals surface area (Å²) in [6.07, 6.45) is 2.50. The number of hydrogen-bond acceptors (Lipinski definition) is 4. The van der Waals surface area contributed by atoms with E-state index in [0.29, 0.717) is 17.6 Å². The van der Waals surface area contributed by atoms with Gasteiger partial charge >= 0.3 is 5.69 Å². The first-order valence-electron chi connectivity index (χ1n) is 5.89. The molecule has 0 atom stereocenters. The Bertz CT molecular complexity index is 633. The summed E-state index contributed by atoms with van der Waals surface area (Å²) >= 11 is 4.85. The molecule has 5 nitrogen and oxygen atoms in total. The molecular formula is C12H14BrN3O2S. The molecule has 0 fully saturated rings. The zero-order valence-electron chi connectivity index (χ0n) is 10.2. The van der Waals surface area contributed by atoms with Crippen LogP contribution in [0, 0.1) is 0 Å². The van der Waals surface area contributed by atoms with Gasteiger partial charge in [0, 0.05) is 30.7 Å². The van der Waals surface area contributed by atoms with Gasteiger partial charge in [0.2, 0.25) is 0 Å². The number of hydrogen-bond donors (Lipinski definition) is 2. The van der Waals surface area contributed by atoms with Crippen LogP contribution in [0.4, 0.5) is 0 Å². The summed E-state index contributed by atoms with van der Waals surface area (Å²) in [5.41, 5.74) is -0.778. The van der Waals surface area contributed by atoms with Crippen molar-refractivity contribution in [3.63, 3.8) is 0 Å². The molecule has 19 heavy (non-hydrogen) atoms. The molecule has 2 N–H and O–H groups in total. The number of thiophene rings is 1. The molecule has 0 amide bonds. The second kappa shape index (κ2) is 6.83. The predicted molar refractivity (Wildman–Crippen MR) is 79.9 cm³/mol. The lowest BCUT2D eigenvalue weighted by atomic mass is 10.3. The Morgan fingerprint density at radius 1 is 1.37 bits per heavy atom. The highest BCUT2D eigenvalue weighted by atomic mass is 79.9. The molecule has 0 radical (unpaired) electrons. The average Bonchev–Trinajstić information content (AvgIpc) is 2.88. The zero-order chi connectivity index (χ0) is 13.7. The number of aromatic amines is 1. The van der Waals surface area contributed by atoms with E-state index in [2.05, 4.69) is 37.7 Å². The predicted octanol–water partition coefficient (Wildman–Crippen LogP) is 1.19. The third-order valence-electron chi connectivity index (χ3n) is 2.63. The Labute approximate surface area is 122 Å². The van der Waals surface area contributed by atoms with E-state index in [1.165, 1.54) is 15.6 Å². The van der Waals surface area contributed by atoms with Gasteiger partial charge in [0.15, 0.2) is 0 Å². The minimum absolute atomic E-state index is 0.366. The Hall–Kier alpha value is -1.18. The smallest absolute Gasteiger partial charge is 0.315 e. The zero-order valence-corrected chi connectivity index (χ0v) is 12.6. The van der Waals surface area contributed by atoms with E-state index in [1.807, 2.05) is 6.07 Å². The highest BCUT2D eigenvalue weighted by molar-refractivity contribution is 9.10. The molecule has 0 saturated heterocycles. The van der Waals surface area contributed by atoms with Gasteiger partial charge in [-0.15, -0.1) is 11.3 Å². The standard InChI is InChI=1S/C12H14BrN3O2S/c13-10-8-16(12(18)15-11(10)17)6-5-14-4-3-9-2-1-7-19-9/h1-2,7-8,14H,3-6H2,(H,15,17,18). The van der Waals surface area contributed by atoms with Crippen molar-refractivity contribution in [2.24, 2.45) is 0 Å². The van der Waals surface area contributed by atoms with Crippen LogP contribution in [0.15, 0.2) is 37.8 Å². The van der Waals surface area contributed by atoms with Crippen LogP contribution in [0.1, 0.15) is 4.88 Å². The molecule has 0 bridgehead atoms. The molecule has 0 aliphatic carbocycles. The Kier molecular flexibility index (Phi) is 5.12. The van der Waals surface area contributed by atoms with Crippen molar-refractivity contribution in [2.75, 3.05) is 13.1 Å². The SMILES string of the molecule is O=c1[nH]c(=O)n(CCNCCc2cccs2)cc1Br. The van der Waals surface area contributed by atoms with E-state index in [9.17, 15) is 9.59 Å². The number of rotatable bonds is 6. The number of halogens is 1. The van der Waals surface area contributed by atoms with Crippen LogP contribution < -0.4 is 16.6 Å². The van der Waals surface area contributed by atoms with Crippen molar-refractivity contribution in [3.05, 3.63) is 53.9 Å². The summed E-state index contributed by atoms with van der Waals surface area (Å²) in [5.74, 6) is 0. The molecule has 0 spiro atoms. The molecule has 0 aliphatic rings. The second-order valence-corrected chi connectivity index (χ2v) is 5.90. The van der Waals surface area contributed by atoms with E-state index >= 15 is 0 Å². The lowest BCUT2D eigenvalue weighted by molar-refractivity contribution is 0.575. The van der Waals surface area contributed by atoms with Gasteiger partial charge in [0.25, 0.3) is 5.56 Å². The minimum atomic E-state index is -0.396. The summed E-state index contributed by atoms with van der Waals surface area (Å²) in [5, 5.41) is 5.34. The molecular weight excluding hydrogens is 330 g/mol. The van der Waals surface area contributed by atoms with Crippen molar-refractivity contribution in [3.8, 4) is 0 Å². The summed E-state index contributed by atoms with van der Waals surface area (Å²) in [4.78, 5) is 26.3. The van der Waals surface area contributed by atoms with Gasteiger partial charge in [0.05, 0.1) is 4.47 Å². The lowest BCUT2D eigenvalue weighted by Gasteiger charge is -2.06. The van der Waals surface area contributed by atoms with Gasteiger partial charge in [-0.25, -0.2) is 4.79 Å². The first-order chi connectivity index (χ1) is 9.16. The molecule has 0 aliphatic heterocycles. The van der Waals surface area contributed by atoms with E-state index < -0.39 is 5.56 Å². The van der Waals surface area contributed by atoms with Gasteiger partial charge in [-0.2, -0.15) is 0 Å². The number of aromatic nitrogens is 2. The fourth-order valence-electron chi connectivity index (χ4n) is 1.64. The maximum atomic E-state index is 11.5. The van der Waals surface area contributed by atoms with Crippen LogP contribution in [0.25, 0.3) is 0 Å². The molecule has 2 aromatic rings. The fourth-order valence-corrected chi connectivity index (χ4v) is 2.69. The van der Waals surface area contributed by atoms with Crippen LogP contribution >= 0.6 is 27.3 Å². The van der Waals surface area contributed by atoms with Crippen molar-refractivity contribution in [1.29, 1.82) is 0 Å². The van der Waals surface area contributed by atoms with E-state index in [0.717, 1.165) is 13.0 Å². The Morgan fingerprint density at radius 2 is 2.21 bits per heavy atom. The number of nitrogens with zero attached hydrogens (tertiary/aromatic N) is 1. The van der Waals surface area contributed by atoms with Crippen LogP contribution in [0.5, 0.6) is 0 Å². The minimum Gasteiger partial charge on any atom is -0.315 e. The molecule has 7 heteroatoms. The first kappa shape index (κ1) is 14.2. The highest BCUT2D eigenvalue weighted by Gasteiger charge is 2.01. The van der Waals surface area contributed by atoms with Gasteiger partial charge in [0.1, 0.15) is 0 Å². The highest BCUT2D eigenvalue weighted by Crippen LogP contribution is 2.07. The summed E-state index contributed by atoms with van der Waals surface area (Å²) in [6.45, 7) is 2.09. The topological polar surface area (TPSA) is 66.9 Å². The van der Waals surface area contributed by atoms with E-state index in [-0.39, 0.29) is 5.69 Å². The third kappa shape index (κ3) is 4.15. The van der Waals surface area contributed by atoms with E-state index in [4.69, 9.17) is 0 Å². The molecule has 2 rings (SSSR count). The van der Waals surface area contributed by atoms with Crippen LogP contribution in [0.2, 0.25) is 0 Å². The first-order valence-corrected chi connectivity index (χ1v) is 7.56. The Morgan fingerprint density at radius 3 is 2.95 bits per heavy atom. The maximum absolute atomic E-state index is 11.5. The van der Waals surface area contributed by atoms with Crippen molar-refractivity contribution in [1.82, 2.24) is 14.9 Å². The average molecular weight is 344 g/mol. The van der Waals surface area contributed by atoms with Gasteiger partial charge in [-0.3, -0.25) is 14.3 Å². The van der Waals surface area contributed by atoms with Gasteiger partial charge in [-0.05, 0) is 33.8 Å². The van der Waals surface area contributed by atoms with Crippen molar-refractivity contribution < 1.29 is 0 Å². The molecule has 102 valence electrons. The van der Waals surface area contributed by atoms with Crippen molar-refractivity contribution in [2.45, 2.75) is 13.0 Å². The largest absolute Gasteiger partial charge is 0.328 e. The number of H-pyrrole nitrogens is 1. The van der Waals surface area contributed by atoms with Gasteiger partial charge in [-0.1, -0.05) is 6.07 Å². The van der Waals surface area contributed by atoms with Crippen LogP contribution in [-0.2, 0) is 13.0 Å². The fraction of sp³-hybridized carbons (Fsp3) is 0.333. The summed E-state index contributed by atoms with van der Waals surface area (Å²) in [6, 6.07) is 4.15. The van der Waals surface area contributed by atoms with Crippen molar-refractivity contribution >= 4 is 27.3 Å².